The molecule has 0 aliphatic carbocycles. The molecule has 0 aromatic heterocycles. The Balaban J connectivity index is 1.40. The second-order valence-corrected chi connectivity index (χ2v) is 13.9. The third-order valence-corrected chi connectivity index (χ3v) is 9.81. The van der Waals surface area contributed by atoms with Gasteiger partial charge in [0.2, 0.25) is 0 Å². The van der Waals surface area contributed by atoms with E-state index in [1.54, 1.807) is 0 Å². The van der Waals surface area contributed by atoms with Crippen LogP contribution in [0.2, 0.25) is 0 Å². The van der Waals surface area contributed by atoms with Gasteiger partial charge in [-0.3, -0.25) is 0 Å². The van der Waals surface area contributed by atoms with Crippen molar-refractivity contribution in [2.45, 2.75) is 162 Å². The van der Waals surface area contributed by atoms with Crippen LogP contribution >= 0.6 is 0 Å². The summed E-state index contributed by atoms with van der Waals surface area (Å²) in [5.74, 6) is 0.857. The van der Waals surface area contributed by atoms with Crippen molar-refractivity contribution in [1.82, 2.24) is 0 Å². The zero-order chi connectivity index (χ0) is 34.2. The molecule has 0 saturated carbocycles. The average Bonchev–Trinajstić information content (AvgIpc) is 3.12. The van der Waals surface area contributed by atoms with E-state index in [4.69, 9.17) is 9.47 Å². The molecule has 0 bridgehead atoms. The molecule has 2 unspecified atom stereocenters. The van der Waals surface area contributed by atoms with Gasteiger partial charge in [-0.25, -0.2) is 4.79 Å². The molecule has 3 rings (SSSR count). The SMILES string of the molecule is CCCCCCCCCCCCOC(C)c1ccc(-c2ccc(C(=O)Oc3ccc(C(CCC)CCCCCCCC)cc3)cc2)cc1. The number of benzene rings is 3. The lowest BCUT2D eigenvalue weighted by Crippen LogP contribution is -2.08. The molecular formula is C45H66O3. The van der Waals surface area contributed by atoms with Gasteiger partial charge in [0.05, 0.1) is 11.7 Å². The number of carbonyl (C=O) groups is 1. The number of esters is 1. The van der Waals surface area contributed by atoms with Gasteiger partial charge in [-0.2, -0.15) is 0 Å². The monoisotopic (exact) mass is 655 g/mol. The van der Waals surface area contributed by atoms with E-state index in [9.17, 15) is 4.79 Å². The summed E-state index contributed by atoms with van der Waals surface area (Å²) in [5, 5.41) is 0. The molecule has 0 aliphatic rings. The highest BCUT2D eigenvalue weighted by molar-refractivity contribution is 5.91. The smallest absolute Gasteiger partial charge is 0.343 e. The van der Waals surface area contributed by atoms with Crippen LogP contribution in [-0.2, 0) is 4.74 Å². The highest BCUT2D eigenvalue weighted by Gasteiger charge is 2.13. The van der Waals surface area contributed by atoms with Crippen molar-refractivity contribution in [3.8, 4) is 16.9 Å². The number of hydrogen-bond acceptors (Lipinski definition) is 3. The first-order valence-corrected chi connectivity index (χ1v) is 19.7. The molecule has 0 radical (unpaired) electrons. The van der Waals surface area contributed by atoms with E-state index in [0.717, 1.165) is 24.2 Å². The van der Waals surface area contributed by atoms with Gasteiger partial charge in [-0.05, 0) is 78.6 Å². The third-order valence-electron chi connectivity index (χ3n) is 9.81. The second kappa shape index (κ2) is 24.3. The Labute approximate surface area is 294 Å². The molecule has 0 fully saturated rings. The molecule has 3 nitrogen and oxygen atoms in total. The third kappa shape index (κ3) is 15.1. The molecule has 0 heterocycles. The first-order valence-electron chi connectivity index (χ1n) is 19.7. The fourth-order valence-corrected chi connectivity index (χ4v) is 6.66. The zero-order valence-corrected chi connectivity index (χ0v) is 30.9. The molecule has 0 aliphatic heterocycles. The predicted octanol–water partition coefficient (Wildman–Crippen LogP) is 14.2. The van der Waals surface area contributed by atoms with E-state index < -0.39 is 0 Å². The topological polar surface area (TPSA) is 35.5 Å². The molecule has 264 valence electrons. The van der Waals surface area contributed by atoms with Gasteiger partial charge in [0.25, 0.3) is 0 Å². The maximum absolute atomic E-state index is 12.9. The number of ether oxygens (including phenoxy) is 2. The maximum Gasteiger partial charge on any atom is 0.343 e. The lowest BCUT2D eigenvalue weighted by Gasteiger charge is -2.17. The number of rotatable bonds is 26. The molecule has 0 saturated heterocycles. The summed E-state index contributed by atoms with van der Waals surface area (Å²) in [4.78, 5) is 12.9. The predicted molar refractivity (Wildman–Crippen MR) is 205 cm³/mol. The Hall–Kier alpha value is -2.91. The molecule has 0 amide bonds. The quantitative estimate of drug-likeness (QED) is 0.0491. The molecule has 48 heavy (non-hydrogen) atoms. The summed E-state index contributed by atoms with van der Waals surface area (Å²) in [6.07, 6.45) is 25.1. The van der Waals surface area contributed by atoms with Gasteiger partial charge in [-0.15, -0.1) is 0 Å². The Morgan fingerprint density at radius 1 is 0.521 bits per heavy atom. The van der Waals surface area contributed by atoms with Crippen molar-refractivity contribution < 1.29 is 14.3 Å². The Morgan fingerprint density at radius 2 is 1.00 bits per heavy atom. The Bertz CT molecular complexity index is 1230. The van der Waals surface area contributed by atoms with Crippen molar-refractivity contribution in [1.29, 1.82) is 0 Å². The number of unbranched alkanes of at least 4 members (excludes halogenated alkanes) is 14. The lowest BCUT2D eigenvalue weighted by molar-refractivity contribution is 0.0627. The first kappa shape index (κ1) is 39.5. The highest BCUT2D eigenvalue weighted by Crippen LogP contribution is 2.30. The minimum absolute atomic E-state index is 0.0849. The van der Waals surface area contributed by atoms with Gasteiger partial charge < -0.3 is 9.47 Å². The van der Waals surface area contributed by atoms with Crippen LogP contribution in [0.25, 0.3) is 11.1 Å². The van der Waals surface area contributed by atoms with Crippen molar-refractivity contribution in [3.63, 3.8) is 0 Å². The van der Waals surface area contributed by atoms with Crippen molar-refractivity contribution in [3.05, 3.63) is 89.5 Å². The van der Waals surface area contributed by atoms with Crippen LogP contribution < -0.4 is 4.74 Å². The molecule has 0 spiro atoms. The van der Waals surface area contributed by atoms with Crippen LogP contribution in [0.15, 0.2) is 72.8 Å². The number of carbonyl (C=O) groups excluding carboxylic acids is 1. The van der Waals surface area contributed by atoms with Crippen LogP contribution in [0.3, 0.4) is 0 Å². The van der Waals surface area contributed by atoms with Crippen molar-refractivity contribution in [2.75, 3.05) is 6.61 Å². The van der Waals surface area contributed by atoms with E-state index in [1.807, 2.05) is 36.4 Å². The van der Waals surface area contributed by atoms with Crippen LogP contribution in [0.4, 0.5) is 0 Å². The molecule has 3 heteroatoms. The van der Waals surface area contributed by atoms with Gasteiger partial charge in [0, 0.05) is 6.61 Å². The van der Waals surface area contributed by atoms with E-state index in [0.29, 0.717) is 17.2 Å². The van der Waals surface area contributed by atoms with Gasteiger partial charge in [0.1, 0.15) is 5.75 Å². The largest absolute Gasteiger partial charge is 0.423 e. The summed E-state index contributed by atoms with van der Waals surface area (Å²) in [7, 11) is 0. The van der Waals surface area contributed by atoms with Crippen molar-refractivity contribution in [2.24, 2.45) is 0 Å². The zero-order valence-electron chi connectivity index (χ0n) is 30.9. The minimum atomic E-state index is -0.324. The van der Waals surface area contributed by atoms with Crippen LogP contribution in [0.1, 0.15) is 183 Å². The van der Waals surface area contributed by atoms with E-state index in [-0.39, 0.29) is 12.1 Å². The fraction of sp³-hybridized carbons (Fsp3) is 0.578. The van der Waals surface area contributed by atoms with Gasteiger partial charge >= 0.3 is 5.97 Å². The Kier molecular flexibility index (Phi) is 20.0. The molecule has 3 aromatic carbocycles. The minimum Gasteiger partial charge on any atom is -0.423 e. The number of hydrogen-bond donors (Lipinski definition) is 0. The molecule has 3 aromatic rings. The molecular weight excluding hydrogens is 588 g/mol. The van der Waals surface area contributed by atoms with Gasteiger partial charge in [0.15, 0.2) is 0 Å². The normalized spacial score (nSPS) is 12.6. The highest BCUT2D eigenvalue weighted by atomic mass is 16.5. The molecule has 0 N–H and O–H groups in total. The van der Waals surface area contributed by atoms with E-state index >= 15 is 0 Å². The fourth-order valence-electron chi connectivity index (χ4n) is 6.66. The standard InChI is InChI=1S/C45H66O3/c1-5-8-10-12-14-15-16-17-19-21-36-47-37(4)38-24-26-40(27-25-38)41-28-30-43(31-29-41)45(46)48-44-34-32-42(33-35-44)39(22-7-3)23-20-18-13-11-9-6-2/h24-35,37,39H,5-23,36H2,1-4H3. The summed E-state index contributed by atoms with van der Waals surface area (Å²) in [6, 6.07) is 24.5. The summed E-state index contributed by atoms with van der Waals surface area (Å²) in [6.45, 7) is 9.77. The second-order valence-electron chi connectivity index (χ2n) is 13.9. The lowest BCUT2D eigenvalue weighted by atomic mass is 9.89. The van der Waals surface area contributed by atoms with Crippen LogP contribution in [-0.4, -0.2) is 12.6 Å². The maximum atomic E-state index is 12.9. The first-order chi connectivity index (χ1) is 23.5. The van der Waals surface area contributed by atoms with Crippen LogP contribution in [0, 0.1) is 0 Å². The average molecular weight is 655 g/mol. The van der Waals surface area contributed by atoms with Crippen molar-refractivity contribution >= 4 is 5.97 Å². The van der Waals surface area contributed by atoms with E-state index in [1.165, 1.54) is 127 Å². The Morgan fingerprint density at radius 3 is 1.54 bits per heavy atom. The van der Waals surface area contributed by atoms with Gasteiger partial charge in [-0.1, -0.05) is 172 Å². The van der Waals surface area contributed by atoms with E-state index in [2.05, 4.69) is 64.1 Å². The summed E-state index contributed by atoms with van der Waals surface area (Å²) >= 11 is 0. The summed E-state index contributed by atoms with van der Waals surface area (Å²) in [5.41, 5.74) is 5.31. The van der Waals surface area contributed by atoms with Crippen LogP contribution in [0.5, 0.6) is 5.75 Å². The summed E-state index contributed by atoms with van der Waals surface area (Å²) < 4.78 is 11.9. The molecule has 2 atom stereocenters.